The number of fused-ring (bicyclic) bond motifs is 9. The van der Waals surface area contributed by atoms with Crippen LogP contribution in [0.3, 0.4) is 0 Å². The zero-order valence-corrected chi connectivity index (χ0v) is 40.9. The Morgan fingerprint density at radius 1 is 0.435 bits per heavy atom. The second-order valence-electron chi connectivity index (χ2n) is 24.3. The van der Waals surface area contributed by atoms with Crippen LogP contribution in [-0.2, 0) is 32.5 Å². The van der Waals surface area contributed by atoms with Crippen molar-refractivity contribution in [2.45, 2.75) is 168 Å². The molecule has 11 rings (SSSR count). The van der Waals surface area contributed by atoms with Crippen molar-refractivity contribution < 1.29 is 0 Å². The van der Waals surface area contributed by atoms with Crippen LogP contribution >= 0.6 is 11.3 Å². The molecule has 4 heteroatoms. The first kappa shape index (κ1) is 40.5. The Hall–Kier alpha value is -4.28. The number of rotatable bonds is 2. The maximum Gasteiger partial charge on any atom is 0.264 e. The van der Waals surface area contributed by atoms with Crippen LogP contribution in [-0.4, -0.2) is 6.71 Å². The zero-order chi connectivity index (χ0) is 43.8. The molecule has 1 aromatic heterocycles. The van der Waals surface area contributed by atoms with E-state index in [1.165, 1.54) is 132 Å². The Bertz CT molecular complexity index is 2920. The molecule has 0 bridgehead atoms. The van der Waals surface area contributed by atoms with Gasteiger partial charge in [0.25, 0.3) is 6.71 Å². The molecule has 0 saturated heterocycles. The highest BCUT2D eigenvalue weighted by molar-refractivity contribution is 7.33. The monoisotopic (exact) mass is 835 g/mol. The molecule has 0 radical (unpaired) electrons. The highest BCUT2D eigenvalue weighted by atomic mass is 32.1. The number of thiophene rings is 1. The third-order valence-electron chi connectivity index (χ3n) is 17.3. The van der Waals surface area contributed by atoms with Crippen LogP contribution in [0, 0.1) is 13.8 Å². The van der Waals surface area contributed by atoms with E-state index in [4.69, 9.17) is 0 Å². The van der Waals surface area contributed by atoms with Gasteiger partial charge in [-0.3, -0.25) is 0 Å². The molecule has 5 aliphatic rings. The molecule has 318 valence electrons. The van der Waals surface area contributed by atoms with Crippen LogP contribution in [0.2, 0.25) is 0 Å². The van der Waals surface area contributed by atoms with Crippen molar-refractivity contribution in [1.29, 1.82) is 0 Å². The number of benzene rings is 5. The molecule has 0 spiro atoms. The van der Waals surface area contributed by atoms with Gasteiger partial charge < -0.3 is 9.80 Å². The minimum absolute atomic E-state index is 0.0836. The lowest BCUT2D eigenvalue weighted by Crippen LogP contribution is -2.61. The van der Waals surface area contributed by atoms with Gasteiger partial charge in [-0.2, -0.15) is 0 Å². The molecule has 2 nitrogen and oxygen atoms in total. The van der Waals surface area contributed by atoms with E-state index in [-0.39, 0.29) is 39.2 Å². The van der Waals surface area contributed by atoms with Crippen LogP contribution in [0.5, 0.6) is 0 Å². The van der Waals surface area contributed by atoms with E-state index in [9.17, 15) is 0 Å². The number of aryl methyl sites for hydroxylation is 2. The average Bonchev–Trinajstić information content (AvgIpc) is 3.58. The van der Waals surface area contributed by atoms with Crippen molar-refractivity contribution in [3.63, 3.8) is 0 Å². The van der Waals surface area contributed by atoms with Crippen molar-refractivity contribution in [3.05, 3.63) is 123 Å². The molecule has 2 aliphatic heterocycles. The van der Waals surface area contributed by atoms with Gasteiger partial charge >= 0.3 is 0 Å². The number of para-hydroxylation sites is 1. The van der Waals surface area contributed by atoms with Crippen LogP contribution < -0.4 is 25.5 Å². The van der Waals surface area contributed by atoms with Gasteiger partial charge in [-0.15, -0.1) is 11.3 Å². The average molecular weight is 835 g/mol. The molecule has 0 saturated carbocycles. The highest BCUT2D eigenvalue weighted by Crippen LogP contribution is 2.55. The predicted molar refractivity (Wildman–Crippen MR) is 271 cm³/mol. The Kier molecular flexibility index (Phi) is 8.30. The fourth-order valence-electron chi connectivity index (χ4n) is 12.8. The predicted octanol–water partition coefficient (Wildman–Crippen LogP) is 14.6. The van der Waals surface area contributed by atoms with E-state index in [1.807, 2.05) is 0 Å². The van der Waals surface area contributed by atoms with Gasteiger partial charge in [0, 0.05) is 43.3 Å². The number of hydrogen-bond donors (Lipinski definition) is 0. The van der Waals surface area contributed by atoms with Crippen molar-refractivity contribution in [1.82, 2.24) is 0 Å². The lowest BCUT2D eigenvalue weighted by molar-refractivity contribution is 0.331. The van der Waals surface area contributed by atoms with Crippen molar-refractivity contribution in [3.8, 4) is 0 Å². The summed E-state index contributed by atoms with van der Waals surface area (Å²) in [6, 6.07) is 32.2. The van der Waals surface area contributed by atoms with Crippen molar-refractivity contribution >= 4 is 78.0 Å². The van der Waals surface area contributed by atoms with E-state index in [1.54, 1.807) is 11.1 Å². The molecule has 3 aliphatic carbocycles. The summed E-state index contributed by atoms with van der Waals surface area (Å²) < 4.78 is 2.91. The summed E-state index contributed by atoms with van der Waals surface area (Å²) in [5.74, 6) is 0. The molecule has 0 amide bonds. The number of anilines is 6. The van der Waals surface area contributed by atoms with E-state index in [0.29, 0.717) is 0 Å². The first-order valence-corrected chi connectivity index (χ1v) is 24.6. The first-order chi connectivity index (χ1) is 29.0. The van der Waals surface area contributed by atoms with Gasteiger partial charge in [-0.05, 0) is 183 Å². The summed E-state index contributed by atoms with van der Waals surface area (Å²) in [4.78, 5) is 5.42. The standard InChI is InChI=1S/C58H67BN2S/c1-34-18-15-16-19-44(34)61-46-21-17-20-45-50(46)59(52-51(61)36-29-38-42(33-49(36)62-52)58(13,14)27-23-54(38,5)6)43-30-39-41(57(11,12)26-24-55(39,7)8)32-48(43)60(45)47-31-40-37(28-35(47)2)53(3,4)22-25-56(40,9)10/h15-21,28-33H,22-27H2,1-14H3. The summed E-state index contributed by atoms with van der Waals surface area (Å²) in [7, 11) is 0. The third kappa shape index (κ3) is 5.53. The second kappa shape index (κ2) is 12.7. The first-order valence-electron chi connectivity index (χ1n) is 23.8. The summed E-state index contributed by atoms with van der Waals surface area (Å²) in [5, 5.41) is 1.41. The molecular formula is C58H67BN2S. The quantitative estimate of drug-likeness (QED) is 0.160. The van der Waals surface area contributed by atoms with E-state index < -0.39 is 0 Å². The van der Waals surface area contributed by atoms with E-state index >= 15 is 0 Å². The maximum absolute atomic E-state index is 2.73. The zero-order valence-electron chi connectivity index (χ0n) is 40.1. The van der Waals surface area contributed by atoms with Gasteiger partial charge in [0.05, 0.1) is 5.69 Å². The summed E-state index contributed by atoms with van der Waals surface area (Å²) in [6.45, 7) is 34.6. The number of hydrogen-bond acceptors (Lipinski definition) is 3. The van der Waals surface area contributed by atoms with Gasteiger partial charge in [-0.1, -0.05) is 119 Å². The lowest BCUT2D eigenvalue weighted by atomic mass is 9.35. The minimum Gasteiger partial charge on any atom is -0.311 e. The Balaban J connectivity index is 1.28. The second-order valence-corrected chi connectivity index (χ2v) is 25.3. The van der Waals surface area contributed by atoms with E-state index in [2.05, 4.69) is 197 Å². The van der Waals surface area contributed by atoms with Crippen molar-refractivity contribution in [2.75, 3.05) is 9.80 Å². The minimum atomic E-state index is 0.0836. The van der Waals surface area contributed by atoms with Crippen LogP contribution in [0.4, 0.5) is 34.1 Å². The number of nitrogens with zero attached hydrogens (tertiary/aromatic N) is 2. The summed E-state index contributed by atoms with van der Waals surface area (Å²) >= 11 is 2.08. The smallest absolute Gasteiger partial charge is 0.264 e. The van der Waals surface area contributed by atoms with Gasteiger partial charge in [0.2, 0.25) is 0 Å². The SMILES string of the molecule is Cc1cc2c(cc1N1c3cc4c(cc3B3c5sc6cc7c(cc6c5N(c5ccccc5C)c5cccc1c53)C(C)(C)CCC7(C)C)C(C)(C)CCC4(C)C)C(C)(C)CCC2(C)C. The fraction of sp³-hybridized carbons (Fsp3) is 0.448. The highest BCUT2D eigenvalue weighted by Gasteiger charge is 2.49. The normalized spacial score (nSPS) is 21.4. The molecule has 0 N–H and O–H groups in total. The molecule has 6 aromatic rings. The molecule has 0 unspecified atom stereocenters. The van der Waals surface area contributed by atoms with E-state index in [0.717, 1.165) is 0 Å². The third-order valence-corrected chi connectivity index (χ3v) is 18.5. The molecule has 5 aromatic carbocycles. The molecular weight excluding hydrogens is 768 g/mol. The molecule has 3 heterocycles. The van der Waals surface area contributed by atoms with Gasteiger partial charge in [-0.25, -0.2) is 0 Å². The fourth-order valence-corrected chi connectivity index (χ4v) is 14.2. The molecule has 62 heavy (non-hydrogen) atoms. The maximum atomic E-state index is 2.73. The van der Waals surface area contributed by atoms with Crippen LogP contribution in [0.25, 0.3) is 10.1 Å². The van der Waals surface area contributed by atoms with Gasteiger partial charge in [0.1, 0.15) is 0 Å². The lowest BCUT2D eigenvalue weighted by Gasteiger charge is -2.48. The van der Waals surface area contributed by atoms with Gasteiger partial charge in [0.15, 0.2) is 0 Å². The molecule has 0 fully saturated rings. The molecule has 0 atom stereocenters. The van der Waals surface area contributed by atoms with Crippen molar-refractivity contribution in [2.24, 2.45) is 0 Å². The Labute approximate surface area is 377 Å². The summed E-state index contributed by atoms with van der Waals surface area (Å²) in [5.41, 5.74) is 23.5. The Morgan fingerprint density at radius 3 is 1.45 bits per heavy atom. The topological polar surface area (TPSA) is 6.48 Å². The largest absolute Gasteiger partial charge is 0.311 e. The summed E-state index contributed by atoms with van der Waals surface area (Å²) in [6.07, 6.45) is 7.23. The van der Waals surface area contributed by atoms with Crippen LogP contribution in [0.1, 0.15) is 166 Å². The van der Waals surface area contributed by atoms with Crippen LogP contribution in [0.15, 0.2) is 78.9 Å². The Morgan fingerprint density at radius 2 is 0.887 bits per heavy atom.